The summed E-state index contributed by atoms with van der Waals surface area (Å²) in [5, 5.41) is 0.563. The minimum absolute atomic E-state index is 0.0753. The first-order chi connectivity index (χ1) is 16.7. The molecule has 1 heterocycles. The van der Waals surface area contributed by atoms with Crippen molar-refractivity contribution in [2.24, 2.45) is 10.9 Å². The van der Waals surface area contributed by atoms with E-state index in [1.54, 1.807) is 62.4 Å². The van der Waals surface area contributed by atoms with Gasteiger partial charge in [-0.2, -0.15) is 0 Å². The second-order valence-electron chi connectivity index (χ2n) is 8.13. The minimum Gasteiger partial charge on any atom is -0.494 e. The number of aromatic nitrogens is 3. The third-order valence-electron chi connectivity index (χ3n) is 5.63. The highest BCUT2D eigenvalue weighted by Crippen LogP contribution is 2.18. The summed E-state index contributed by atoms with van der Waals surface area (Å²) in [6, 6.07) is 13.3. The molecule has 0 bridgehead atoms. The Labute approximate surface area is 207 Å². The number of nitrogens with one attached hydrogen (secondary N) is 1. The lowest BCUT2D eigenvalue weighted by molar-refractivity contribution is -0.146. The minimum atomic E-state index is -0.751. The van der Waals surface area contributed by atoms with E-state index >= 15 is 0 Å². The van der Waals surface area contributed by atoms with Crippen LogP contribution in [0.15, 0.2) is 63.1 Å². The molecule has 35 heavy (non-hydrogen) atoms. The van der Waals surface area contributed by atoms with E-state index in [2.05, 4.69) is 9.98 Å². The third-order valence-corrected chi connectivity index (χ3v) is 5.88. The maximum atomic E-state index is 13.5. The van der Waals surface area contributed by atoms with Crippen LogP contribution in [0, 0.1) is 5.92 Å². The summed E-state index contributed by atoms with van der Waals surface area (Å²) in [5.41, 5.74) is 0.109. The summed E-state index contributed by atoms with van der Waals surface area (Å²) in [6.07, 6.45) is 0.890. The number of hydrogen-bond donors (Lipinski definition) is 1. The molecule has 2 atom stereocenters. The number of H-pyrrole nitrogens is 1. The van der Waals surface area contributed by atoms with Crippen LogP contribution in [0.2, 0.25) is 5.02 Å². The second kappa shape index (κ2) is 11.7. The van der Waals surface area contributed by atoms with Crippen LogP contribution in [0.25, 0.3) is 0 Å². The number of aromatic amines is 1. The summed E-state index contributed by atoms with van der Waals surface area (Å²) in [5.74, 6) is -0.539. The predicted octanol–water partition coefficient (Wildman–Crippen LogP) is 3.43. The van der Waals surface area contributed by atoms with Gasteiger partial charge in [0.15, 0.2) is 0 Å². The predicted molar refractivity (Wildman–Crippen MR) is 133 cm³/mol. The SMILES string of the molecule is CCCOc1ccc(/N=c2\[nH]c(=O)n([C@@H](C)[C@@H](C)C(=O)OC)c(=O)n2Cc2ccc(Cl)cc2)cc1. The fraction of sp³-hybridized carbons (Fsp3) is 0.360. The Morgan fingerprint density at radius 3 is 2.34 bits per heavy atom. The van der Waals surface area contributed by atoms with Gasteiger partial charge in [0.2, 0.25) is 5.62 Å². The molecular formula is C25H29ClN4O5. The van der Waals surface area contributed by atoms with Crippen molar-refractivity contribution >= 4 is 23.3 Å². The van der Waals surface area contributed by atoms with Gasteiger partial charge < -0.3 is 9.47 Å². The number of methoxy groups -OCH3 is 1. The summed E-state index contributed by atoms with van der Waals surface area (Å²) < 4.78 is 12.8. The summed E-state index contributed by atoms with van der Waals surface area (Å²) in [4.78, 5) is 45.8. The molecule has 0 radical (unpaired) electrons. The third kappa shape index (κ3) is 6.30. The van der Waals surface area contributed by atoms with Crippen molar-refractivity contribution in [3.63, 3.8) is 0 Å². The van der Waals surface area contributed by atoms with E-state index < -0.39 is 29.3 Å². The summed E-state index contributed by atoms with van der Waals surface area (Å²) in [6.45, 7) is 5.98. The maximum Gasteiger partial charge on any atom is 0.335 e. The van der Waals surface area contributed by atoms with Gasteiger partial charge in [-0.3, -0.25) is 14.3 Å². The van der Waals surface area contributed by atoms with Gasteiger partial charge in [-0.05, 0) is 62.2 Å². The number of ether oxygens (including phenoxy) is 2. The Balaban J connectivity index is 2.14. The molecule has 0 saturated carbocycles. The van der Waals surface area contributed by atoms with Crippen LogP contribution in [-0.2, 0) is 16.1 Å². The number of carbonyl (C=O) groups is 1. The van der Waals surface area contributed by atoms with Gasteiger partial charge in [0.1, 0.15) is 5.75 Å². The quantitative estimate of drug-likeness (QED) is 0.453. The summed E-state index contributed by atoms with van der Waals surface area (Å²) >= 11 is 6.00. The van der Waals surface area contributed by atoms with E-state index in [1.165, 1.54) is 11.7 Å². The Bertz CT molecular complexity index is 1340. The molecule has 0 unspecified atom stereocenters. The van der Waals surface area contributed by atoms with Gasteiger partial charge >= 0.3 is 17.3 Å². The van der Waals surface area contributed by atoms with E-state index in [-0.39, 0.29) is 12.2 Å². The van der Waals surface area contributed by atoms with E-state index in [0.29, 0.717) is 23.1 Å². The fourth-order valence-corrected chi connectivity index (χ4v) is 3.58. The molecule has 9 nitrogen and oxygen atoms in total. The molecule has 3 rings (SSSR count). The largest absolute Gasteiger partial charge is 0.494 e. The van der Waals surface area contributed by atoms with E-state index in [0.717, 1.165) is 16.6 Å². The highest BCUT2D eigenvalue weighted by atomic mass is 35.5. The molecule has 0 spiro atoms. The van der Waals surface area contributed by atoms with Crippen molar-refractivity contribution in [1.82, 2.24) is 14.1 Å². The molecule has 0 fully saturated rings. The Kier molecular flexibility index (Phi) is 8.70. The molecule has 3 aromatic rings. The highest BCUT2D eigenvalue weighted by Gasteiger charge is 2.26. The molecule has 186 valence electrons. The van der Waals surface area contributed by atoms with E-state index in [9.17, 15) is 14.4 Å². The number of benzene rings is 2. The zero-order valence-corrected chi connectivity index (χ0v) is 20.9. The zero-order chi connectivity index (χ0) is 25.5. The van der Waals surface area contributed by atoms with Crippen LogP contribution in [0.3, 0.4) is 0 Å². The Morgan fingerprint density at radius 2 is 1.74 bits per heavy atom. The lowest BCUT2D eigenvalue weighted by Gasteiger charge is -2.20. The van der Waals surface area contributed by atoms with Gasteiger partial charge in [-0.1, -0.05) is 30.7 Å². The first kappa shape index (κ1) is 26.0. The van der Waals surface area contributed by atoms with Crippen LogP contribution in [0.4, 0.5) is 5.69 Å². The summed E-state index contributed by atoms with van der Waals surface area (Å²) in [7, 11) is 1.26. The van der Waals surface area contributed by atoms with Crippen LogP contribution < -0.4 is 21.7 Å². The number of nitrogens with zero attached hydrogens (tertiary/aromatic N) is 3. The maximum absolute atomic E-state index is 13.5. The number of carbonyl (C=O) groups excluding carboxylic acids is 1. The van der Waals surface area contributed by atoms with Crippen LogP contribution in [0.1, 0.15) is 38.8 Å². The van der Waals surface area contributed by atoms with Crippen molar-refractivity contribution in [2.45, 2.75) is 39.8 Å². The number of rotatable bonds is 9. The smallest absolute Gasteiger partial charge is 0.335 e. The lowest BCUT2D eigenvalue weighted by Crippen LogP contribution is -2.52. The molecular weight excluding hydrogens is 472 g/mol. The molecule has 1 aromatic heterocycles. The van der Waals surface area contributed by atoms with Crippen molar-refractivity contribution in [1.29, 1.82) is 0 Å². The first-order valence-corrected chi connectivity index (χ1v) is 11.7. The molecule has 0 amide bonds. The number of hydrogen-bond acceptors (Lipinski definition) is 6. The van der Waals surface area contributed by atoms with Crippen molar-refractivity contribution in [2.75, 3.05) is 13.7 Å². The number of halogens is 1. The highest BCUT2D eigenvalue weighted by molar-refractivity contribution is 6.30. The topological polar surface area (TPSA) is 108 Å². The molecule has 0 aliphatic rings. The molecule has 0 saturated heterocycles. The normalized spacial score (nSPS) is 13.3. The monoisotopic (exact) mass is 500 g/mol. The van der Waals surface area contributed by atoms with Gasteiger partial charge in [0.05, 0.1) is 37.9 Å². The zero-order valence-electron chi connectivity index (χ0n) is 20.2. The molecule has 0 aliphatic heterocycles. The second-order valence-corrected chi connectivity index (χ2v) is 8.56. The van der Waals surface area contributed by atoms with Crippen molar-refractivity contribution < 1.29 is 14.3 Å². The van der Waals surface area contributed by atoms with E-state index in [4.69, 9.17) is 21.1 Å². The van der Waals surface area contributed by atoms with Gasteiger partial charge in [-0.25, -0.2) is 19.1 Å². The van der Waals surface area contributed by atoms with Crippen LogP contribution in [0.5, 0.6) is 5.75 Å². The number of esters is 1. The van der Waals surface area contributed by atoms with Gasteiger partial charge in [0, 0.05) is 5.02 Å². The molecule has 10 heteroatoms. The van der Waals surface area contributed by atoms with Crippen LogP contribution in [-0.4, -0.2) is 33.8 Å². The first-order valence-electron chi connectivity index (χ1n) is 11.3. The Hall–Kier alpha value is -3.59. The van der Waals surface area contributed by atoms with Crippen molar-refractivity contribution in [3.05, 3.63) is 85.7 Å². The molecule has 1 N–H and O–H groups in total. The van der Waals surface area contributed by atoms with Gasteiger partial charge in [-0.15, -0.1) is 0 Å². The Morgan fingerprint density at radius 1 is 1.09 bits per heavy atom. The standard InChI is InChI=1S/C25H29ClN4O5/c1-5-14-35-21-12-10-20(11-13-21)27-23-28-24(32)30(17(3)16(2)22(31)34-4)25(33)29(23)15-18-6-8-19(26)9-7-18/h6-13,16-17H,5,14-15H2,1-4H3,(H,27,28,32)/t16-,17+/m1/s1. The fourth-order valence-electron chi connectivity index (χ4n) is 3.46. The lowest BCUT2D eigenvalue weighted by atomic mass is 10.0. The van der Waals surface area contributed by atoms with Gasteiger partial charge in [0.25, 0.3) is 0 Å². The average Bonchev–Trinajstić information content (AvgIpc) is 2.85. The van der Waals surface area contributed by atoms with Crippen LogP contribution >= 0.6 is 11.6 Å². The van der Waals surface area contributed by atoms with Crippen molar-refractivity contribution in [3.8, 4) is 5.75 Å². The van der Waals surface area contributed by atoms with E-state index in [1.807, 2.05) is 6.92 Å². The average molecular weight is 501 g/mol. The molecule has 2 aromatic carbocycles. The molecule has 0 aliphatic carbocycles.